The third-order valence-corrected chi connectivity index (χ3v) is 3.47. The Morgan fingerprint density at radius 2 is 2.21 bits per heavy atom. The van der Waals surface area contributed by atoms with E-state index >= 15 is 0 Å². The van der Waals surface area contributed by atoms with Gasteiger partial charge in [-0.2, -0.15) is 11.8 Å². The summed E-state index contributed by atoms with van der Waals surface area (Å²) in [6.45, 7) is 3.03. The van der Waals surface area contributed by atoms with E-state index in [-0.39, 0.29) is 5.82 Å². The summed E-state index contributed by atoms with van der Waals surface area (Å²) >= 11 is 1.81. The summed E-state index contributed by atoms with van der Waals surface area (Å²) in [5.74, 6) is 0.871. The minimum absolute atomic E-state index is 0.189. The Morgan fingerprint density at radius 1 is 1.42 bits per heavy atom. The summed E-state index contributed by atoms with van der Waals surface area (Å²) in [6.07, 6.45) is 2.09. The van der Waals surface area contributed by atoms with Gasteiger partial charge in [-0.1, -0.05) is 0 Å². The van der Waals surface area contributed by atoms with Crippen LogP contribution in [0.2, 0.25) is 0 Å². The molecular weight excluding hydrogens is 263 g/mol. The van der Waals surface area contributed by atoms with E-state index < -0.39 is 0 Å². The second-order valence-electron chi connectivity index (χ2n) is 4.36. The van der Waals surface area contributed by atoms with Crippen LogP contribution >= 0.6 is 11.8 Å². The number of benzene rings is 1. The predicted molar refractivity (Wildman–Crippen MR) is 81.6 cm³/mol. The van der Waals surface area contributed by atoms with Crippen LogP contribution in [0.4, 0.5) is 10.1 Å². The lowest BCUT2D eigenvalue weighted by molar-refractivity contribution is 0.199. The largest absolute Gasteiger partial charge is 0.383 e. The third kappa shape index (κ3) is 5.80. The van der Waals surface area contributed by atoms with Crippen LogP contribution in [0.5, 0.6) is 0 Å². The lowest BCUT2D eigenvalue weighted by Crippen LogP contribution is -2.24. The Kier molecular flexibility index (Phi) is 7.86. The number of halogens is 1. The fourth-order valence-electron chi connectivity index (χ4n) is 1.81. The number of methoxy groups -OCH3 is 1. The summed E-state index contributed by atoms with van der Waals surface area (Å²) in [7, 11) is 3.72. The van der Waals surface area contributed by atoms with Gasteiger partial charge in [0, 0.05) is 45.2 Å². The van der Waals surface area contributed by atoms with Crippen LogP contribution in [0.3, 0.4) is 0 Å². The second kappa shape index (κ2) is 9.18. The van der Waals surface area contributed by atoms with Crippen LogP contribution in [-0.4, -0.2) is 45.9 Å². The van der Waals surface area contributed by atoms with Crippen molar-refractivity contribution in [3.63, 3.8) is 0 Å². The number of ether oxygens (including phenoxy) is 1. The first-order valence-corrected chi connectivity index (χ1v) is 7.76. The topological polar surface area (TPSA) is 24.5 Å². The number of thioether (sulfide) groups is 1. The molecule has 1 N–H and O–H groups in total. The molecule has 0 fully saturated rings. The maximum Gasteiger partial charge on any atom is 0.123 e. The van der Waals surface area contributed by atoms with Crippen LogP contribution in [-0.2, 0) is 11.3 Å². The lowest BCUT2D eigenvalue weighted by Gasteiger charge is -2.22. The zero-order valence-electron chi connectivity index (χ0n) is 11.9. The molecule has 108 valence electrons. The zero-order chi connectivity index (χ0) is 14.1. The first kappa shape index (κ1) is 16.3. The van der Waals surface area contributed by atoms with Gasteiger partial charge in [0.05, 0.1) is 6.61 Å². The monoisotopic (exact) mass is 286 g/mol. The molecule has 0 unspecified atom stereocenters. The first-order chi connectivity index (χ1) is 9.19. The van der Waals surface area contributed by atoms with E-state index in [4.69, 9.17) is 4.74 Å². The van der Waals surface area contributed by atoms with E-state index in [0.29, 0.717) is 13.2 Å². The molecule has 19 heavy (non-hydrogen) atoms. The Hall–Kier alpha value is -0.780. The van der Waals surface area contributed by atoms with Gasteiger partial charge < -0.3 is 15.0 Å². The van der Waals surface area contributed by atoms with E-state index in [9.17, 15) is 4.39 Å². The minimum Gasteiger partial charge on any atom is -0.383 e. The van der Waals surface area contributed by atoms with Gasteiger partial charge >= 0.3 is 0 Å². The number of rotatable bonds is 9. The van der Waals surface area contributed by atoms with Crippen molar-refractivity contribution < 1.29 is 9.13 Å². The van der Waals surface area contributed by atoms with Crippen LogP contribution in [0.1, 0.15) is 5.56 Å². The molecule has 1 rings (SSSR count). The van der Waals surface area contributed by atoms with Gasteiger partial charge in [-0.25, -0.2) is 4.39 Å². The lowest BCUT2D eigenvalue weighted by atomic mass is 10.1. The normalized spacial score (nSPS) is 10.7. The van der Waals surface area contributed by atoms with Gasteiger partial charge in [0.15, 0.2) is 0 Å². The summed E-state index contributed by atoms with van der Waals surface area (Å²) in [4.78, 5) is 2.17. The molecule has 1 aromatic carbocycles. The molecular formula is C14H23FN2OS. The van der Waals surface area contributed by atoms with Crippen molar-refractivity contribution in [2.75, 3.05) is 50.8 Å². The molecule has 0 heterocycles. The highest BCUT2D eigenvalue weighted by Gasteiger charge is 2.08. The van der Waals surface area contributed by atoms with E-state index in [1.165, 1.54) is 6.07 Å². The van der Waals surface area contributed by atoms with Crippen LogP contribution < -0.4 is 10.2 Å². The average Bonchev–Trinajstić information content (AvgIpc) is 2.41. The Morgan fingerprint density at radius 3 is 2.89 bits per heavy atom. The van der Waals surface area contributed by atoms with Crippen LogP contribution in [0, 0.1) is 5.82 Å². The molecule has 1 aromatic rings. The van der Waals surface area contributed by atoms with Crippen molar-refractivity contribution in [3.05, 3.63) is 29.6 Å². The number of anilines is 1. The molecule has 0 radical (unpaired) electrons. The highest BCUT2D eigenvalue weighted by atomic mass is 32.2. The van der Waals surface area contributed by atoms with Gasteiger partial charge in [0.2, 0.25) is 0 Å². The molecule has 0 atom stereocenters. The number of nitrogens with zero attached hydrogens (tertiary/aromatic N) is 1. The van der Waals surface area contributed by atoms with Crippen molar-refractivity contribution in [2.24, 2.45) is 0 Å². The van der Waals surface area contributed by atoms with E-state index in [0.717, 1.165) is 30.1 Å². The molecule has 0 amide bonds. The van der Waals surface area contributed by atoms with E-state index in [1.54, 1.807) is 13.2 Å². The maximum absolute atomic E-state index is 13.4. The van der Waals surface area contributed by atoms with Gasteiger partial charge in [-0.15, -0.1) is 0 Å². The van der Waals surface area contributed by atoms with Gasteiger partial charge in [-0.05, 0) is 30.0 Å². The van der Waals surface area contributed by atoms with E-state index in [2.05, 4.69) is 16.5 Å². The molecule has 0 saturated heterocycles. The minimum atomic E-state index is -0.189. The molecule has 0 aromatic heterocycles. The second-order valence-corrected chi connectivity index (χ2v) is 5.34. The van der Waals surface area contributed by atoms with Crippen molar-refractivity contribution in [1.82, 2.24) is 5.32 Å². The summed E-state index contributed by atoms with van der Waals surface area (Å²) < 4.78 is 18.3. The predicted octanol–water partition coefficient (Wildman–Crippen LogP) is 2.36. The fraction of sp³-hybridized carbons (Fsp3) is 0.571. The van der Waals surface area contributed by atoms with Gasteiger partial charge in [0.1, 0.15) is 5.82 Å². The first-order valence-electron chi connectivity index (χ1n) is 6.37. The van der Waals surface area contributed by atoms with Crippen LogP contribution in [0.15, 0.2) is 18.2 Å². The highest BCUT2D eigenvalue weighted by Crippen LogP contribution is 2.20. The van der Waals surface area contributed by atoms with Crippen LogP contribution in [0.25, 0.3) is 0 Å². The summed E-state index contributed by atoms with van der Waals surface area (Å²) in [5, 5.41) is 3.26. The molecule has 0 aliphatic carbocycles. The molecule has 3 nitrogen and oxygen atoms in total. The Balaban J connectivity index is 2.67. The number of hydrogen-bond donors (Lipinski definition) is 1. The van der Waals surface area contributed by atoms with Gasteiger partial charge in [-0.3, -0.25) is 0 Å². The molecule has 0 spiro atoms. The quantitative estimate of drug-likeness (QED) is 0.704. The fourth-order valence-corrected chi connectivity index (χ4v) is 2.27. The Bertz CT molecular complexity index is 376. The molecule has 0 aliphatic rings. The number of hydrogen-bond acceptors (Lipinski definition) is 4. The standard InChI is InChI=1S/C14H23FN2OS/c1-17(7-9-19-3)14-5-4-13(15)10-12(14)11-16-6-8-18-2/h4-5,10,16H,6-9,11H2,1-3H3. The highest BCUT2D eigenvalue weighted by molar-refractivity contribution is 7.98. The molecule has 0 bridgehead atoms. The van der Waals surface area contributed by atoms with Crippen molar-refractivity contribution in [2.45, 2.75) is 6.54 Å². The maximum atomic E-state index is 13.4. The van der Waals surface area contributed by atoms with Gasteiger partial charge in [0.25, 0.3) is 0 Å². The van der Waals surface area contributed by atoms with Crippen molar-refractivity contribution >= 4 is 17.4 Å². The van der Waals surface area contributed by atoms with Crippen molar-refractivity contribution in [3.8, 4) is 0 Å². The molecule has 0 saturated carbocycles. The SMILES string of the molecule is COCCNCc1cc(F)ccc1N(C)CCSC. The smallest absolute Gasteiger partial charge is 0.123 e. The number of nitrogens with one attached hydrogen (secondary N) is 1. The molecule has 5 heteroatoms. The Labute approximate surface area is 119 Å². The van der Waals surface area contributed by atoms with Crippen molar-refractivity contribution in [1.29, 1.82) is 0 Å². The van der Waals surface area contributed by atoms with E-state index in [1.807, 2.05) is 24.9 Å². The average molecular weight is 286 g/mol. The summed E-state index contributed by atoms with van der Waals surface area (Å²) in [5.41, 5.74) is 2.07. The third-order valence-electron chi connectivity index (χ3n) is 2.88. The molecule has 0 aliphatic heterocycles. The zero-order valence-corrected chi connectivity index (χ0v) is 12.7. The summed E-state index contributed by atoms with van der Waals surface area (Å²) in [6, 6.07) is 4.97.